The van der Waals surface area contributed by atoms with Gasteiger partial charge in [-0.2, -0.15) is 0 Å². The summed E-state index contributed by atoms with van der Waals surface area (Å²) in [6, 6.07) is -0.956. The Kier molecular flexibility index (Phi) is 6.30. The Hall–Kier alpha value is -2.78. The average molecular weight is 500 g/mol. The summed E-state index contributed by atoms with van der Waals surface area (Å²) in [5, 5.41) is 16.6. The van der Waals surface area contributed by atoms with Gasteiger partial charge in [0.15, 0.2) is 10.8 Å². The third kappa shape index (κ3) is 4.02. The van der Waals surface area contributed by atoms with Gasteiger partial charge in [-0.3, -0.25) is 19.3 Å². The number of carbonyl (C=O) groups excluding carboxylic acids is 3. The van der Waals surface area contributed by atoms with Gasteiger partial charge in [0.25, 0.3) is 11.8 Å². The Morgan fingerprint density at radius 1 is 1.47 bits per heavy atom. The van der Waals surface area contributed by atoms with E-state index in [1.165, 1.54) is 24.3 Å². The quantitative estimate of drug-likeness (QED) is 0.196. The lowest BCUT2D eigenvalue weighted by Gasteiger charge is -2.49. The minimum Gasteiger partial charge on any atom is -0.477 e. The zero-order valence-electron chi connectivity index (χ0n) is 16.5. The summed E-state index contributed by atoms with van der Waals surface area (Å²) in [6.07, 6.45) is 0.476. The number of anilines is 1. The van der Waals surface area contributed by atoms with Crippen LogP contribution in [0.2, 0.25) is 0 Å². The van der Waals surface area contributed by atoms with Crippen LogP contribution in [-0.2, 0) is 28.8 Å². The highest BCUT2D eigenvalue weighted by molar-refractivity contribution is 8.07. The number of hydrogen-bond donors (Lipinski definition) is 3. The van der Waals surface area contributed by atoms with Crippen molar-refractivity contribution in [3.8, 4) is 0 Å². The van der Waals surface area contributed by atoms with Crippen LogP contribution in [0.4, 0.5) is 5.13 Å². The van der Waals surface area contributed by atoms with Crippen LogP contribution in [0, 0.1) is 0 Å². The lowest BCUT2D eigenvalue weighted by Crippen LogP contribution is -2.71. The van der Waals surface area contributed by atoms with Gasteiger partial charge in [-0.1, -0.05) is 5.16 Å². The second-order valence-electron chi connectivity index (χ2n) is 6.69. The summed E-state index contributed by atoms with van der Waals surface area (Å²) < 4.78 is 4.93. The Bertz CT molecular complexity index is 1060. The molecule has 3 aliphatic heterocycles. The number of aliphatic carboxylic acids is 1. The molecular formula is C17H17N5O7S3. The molecule has 4 heterocycles. The van der Waals surface area contributed by atoms with Crippen molar-refractivity contribution >= 4 is 69.5 Å². The molecule has 15 heteroatoms. The molecule has 2 fully saturated rings. The predicted octanol–water partition coefficient (Wildman–Crippen LogP) is -0.179. The van der Waals surface area contributed by atoms with E-state index in [9.17, 15) is 24.3 Å². The number of rotatable bonds is 7. The molecule has 1 aromatic heterocycles. The number of nitrogen functional groups attached to an aromatic ring is 1. The molecule has 4 N–H and O–H groups in total. The summed E-state index contributed by atoms with van der Waals surface area (Å²) in [6.45, 7) is 0.286. The monoisotopic (exact) mass is 499 g/mol. The molecule has 2 amide bonds. The second kappa shape index (κ2) is 8.99. The highest BCUT2D eigenvalue weighted by Crippen LogP contribution is 2.45. The summed E-state index contributed by atoms with van der Waals surface area (Å²) in [4.78, 5) is 59.5. The smallest absolute Gasteiger partial charge is 0.353 e. The van der Waals surface area contributed by atoms with Crippen LogP contribution in [-0.4, -0.2) is 80.6 Å². The Balaban J connectivity index is 1.51. The number of thioether (sulfide) groups is 2. The molecule has 3 aliphatic rings. The van der Waals surface area contributed by atoms with Crippen LogP contribution in [0.15, 0.2) is 21.1 Å². The molecule has 3 atom stereocenters. The number of amides is 2. The number of nitrogens with one attached hydrogen (secondary N) is 1. The highest BCUT2D eigenvalue weighted by Gasteiger charge is 2.55. The molecule has 1 unspecified atom stereocenters. The Labute approximate surface area is 193 Å². The number of ether oxygens (including phenoxy) is 1. The molecule has 0 spiro atoms. The van der Waals surface area contributed by atoms with Gasteiger partial charge < -0.3 is 25.7 Å². The fourth-order valence-corrected chi connectivity index (χ4v) is 6.58. The summed E-state index contributed by atoms with van der Waals surface area (Å²) in [5.41, 5.74) is 5.47. The van der Waals surface area contributed by atoms with Crippen LogP contribution in [0.1, 0.15) is 12.1 Å². The van der Waals surface area contributed by atoms with Crippen molar-refractivity contribution in [2.24, 2.45) is 5.16 Å². The predicted molar refractivity (Wildman–Crippen MR) is 117 cm³/mol. The van der Waals surface area contributed by atoms with E-state index in [0.29, 0.717) is 11.3 Å². The van der Waals surface area contributed by atoms with Crippen molar-refractivity contribution in [2.45, 2.75) is 23.1 Å². The van der Waals surface area contributed by atoms with Crippen LogP contribution in [0.3, 0.4) is 0 Å². The van der Waals surface area contributed by atoms with Crippen molar-refractivity contribution < 1.29 is 33.9 Å². The molecule has 0 bridgehead atoms. The maximum atomic E-state index is 12.8. The van der Waals surface area contributed by atoms with E-state index in [0.717, 1.165) is 28.0 Å². The van der Waals surface area contributed by atoms with E-state index >= 15 is 0 Å². The molecule has 0 radical (unpaired) electrons. The number of hydrogen-bond acceptors (Lipinski definition) is 12. The van der Waals surface area contributed by atoms with Gasteiger partial charge in [0.1, 0.15) is 35.2 Å². The number of carboxylic acid groups (broad SMARTS) is 1. The zero-order chi connectivity index (χ0) is 23.0. The van der Waals surface area contributed by atoms with Crippen molar-refractivity contribution in [1.29, 1.82) is 0 Å². The van der Waals surface area contributed by atoms with E-state index < -0.39 is 40.4 Å². The molecular weight excluding hydrogens is 482 g/mol. The number of carbonyl (C=O) groups is 4. The maximum Gasteiger partial charge on any atom is 0.353 e. The fourth-order valence-electron chi connectivity index (χ4n) is 3.34. The second-order valence-corrected chi connectivity index (χ2v) is 9.99. The van der Waals surface area contributed by atoms with Gasteiger partial charge in [0.05, 0.1) is 6.61 Å². The number of aromatic nitrogens is 1. The number of nitrogens with two attached hydrogens (primary N) is 1. The zero-order valence-corrected chi connectivity index (χ0v) is 18.9. The van der Waals surface area contributed by atoms with Gasteiger partial charge in [0, 0.05) is 22.5 Å². The number of carboxylic acids is 1. The minimum atomic E-state index is -1.28. The average Bonchev–Trinajstić information content (AvgIpc) is 3.37. The number of oxime groups is 1. The van der Waals surface area contributed by atoms with Gasteiger partial charge >= 0.3 is 11.9 Å². The standard InChI is InChI=1S/C17H17N5O7S3/c1-28-21-9(6-4-31-17(18)19-6)12(23)20-10-13(24)22-11(15(25)26)8(5-30-14(10)22)32-7-2-3-29-16(7)27/h4,7,10,14H,2-3,5H2,1H3,(H2,18,19)(H,20,23)(H,25,26)/b21-9-/t7?,10-,14+/m1/s1. The highest BCUT2D eigenvalue weighted by atomic mass is 32.2. The van der Waals surface area contributed by atoms with E-state index in [-0.39, 0.29) is 34.6 Å². The molecule has 0 aliphatic carbocycles. The molecule has 12 nitrogen and oxygen atoms in total. The first kappa shape index (κ1) is 22.4. The van der Waals surface area contributed by atoms with Crippen molar-refractivity contribution in [3.05, 3.63) is 21.7 Å². The van der Waals surface area contributed by atoms with E-state index in [1.807, 2.05) is 0 Å². The first-order valence-electron chi connectivity index (χ1n) is 9.19. The van der Waals surface area contributed by atoms with Crippen LogP contribution in [0.25, 0.3) is 0 Å². The molecule has 2 saturated heterocycles. The summed E-state index contributed by atoms with van der Waals surface area (Å²) >= 11 is 3.52. The number of thiazole rings is 1. The number of β-lactam (4-membered cyclic amide) rings is 1. The van der Waals surface area contributed by atoms with Crippen molar-refractivity contribution in [3.63, 3.8) is 0 Å². The molecule has 1 aromatic rings. The number of fused-ring (bicyclic) bond motifs is 1. The van der Waals surface area contributed by atoms with Gasteiger partial charge in [-0.25, -0.2) is 9.78 Å². The number of nitrogens with zero attached hydrogens (tertiary/aromatic N) is 3. The first-order chi connectivity index (χ1) is 15.3. The van der Waals surface area contributed by atoms with Crippen molar-refractivity contribution in [1.82, 2.24) is 15.2 Å². The maximum absolute atomic E-state index is 12.8. The number of cyclic esters (lactones) is 1. The third-order valence-corrected chi connectivity index (χ3v) is 8.23. The molecule has 0 aromatic carbocycles. The fraction of sp³-hybridized carbons (Fsp3) is 0.412. The number of esters is 1. The minimum absolute atomic E-state index is 0.155. The summed E-state index contributed by atoms with van der Waals surface area (Å²) in [7, 11) is 1.26. The van der Waals surface area contributed by atoms with Gasteiger partial charge in [-0.05, 0) is 0 Å². The lowest BCUT2D eigenvalue weighted by molar-refractivity contribution is -0.150. The van der Waals surface area contributed by atoms with Crippen LogP contribution >= 0.6 is 34.9 Å². The van der Waals surface area contributed by atoms with Crippen LogP contribution in [0.5, 0.6) is 0 Å². The van der Waals surface area contributed by atoms with Gasteiger partial charge in [-0.15, -0.1) is 34.9 Å². The Morgan fingerprint density at radius 3 is 2.84 bits per heavy atom. The third-order valence-electron chi connectivity index (χ3n) is 4.76. The van der Waals surface area contributed by atoms with E-state index in [2.05, 4.69) is 15.5 Å². The van der Waals surface area contributed by atoms with E-state index in [1.54, 1.807) is 0 Å². The molecule has 32 heavy (non-hydrogen) atoms. The largest absolute Gasteiger partial charge is 0.477 e. The van der Waals surface area contributed by atoms with Crippen molar-refractivity contribution in [2.75, 3.05) is 25.2 Å². The van der Waals surface area contributed by atoms with E-state index in [4.69, 9.17) is 15.3 Å². The lowest BCUT2D eigenvalue weighted by atomic mass is 10.0. The SMILES string of the molecule is CO/N=C(\C(=O)N[C@@H]1C(=O)N2C(C(=O)O)=C(SC3CCOC3=O)CS[C@@H]12)c1csc(N)n1. The first-order valence-corrected chi connectivity index (χ1v) is 12.0. The van der Waals surface area contributed by atoms with Crippen LogP contribution < -0.4 is 11.1 Å². The van der Waals surface area contributed by atoms with Gasteiger partial charge in [0.2, 0.25) is 0 Å². The Morgan fingerprint density at radius 2 is 2.25 bits per heavy atom. The topological polar surface area (TPSA) is 174 Å². The molecule has 0 saturated carbocycles. The normalized spacial score (nSPS) is 25.2. The summed E-state index contributed by atoms with van der Waals surface area (Å²) in [5.74, 6) is -2.67. The molecule has 170 valence electrons. The molecule has 4 rings (SSSR count).